The predicted molar refractivity (Wildman–Crippen MR) is 236 cm³/mol. The molecule has 0 aromatic rings. The lowest BCUT2D eigenvalue weighted by Gasteiger charge is -2.06. The monoisotopic (exact) mass is 1270 g/mol. The molecule has 22 nitrogen and oxygen atoms in total. The number of hydrogen-bond donors (Lipinski definition) is 4. The number of ether oxygens (including phenoxy) is 1. The van der Waals surface area contributed by atoms with Gasteiger partial charge in [0.05, 0.1) is 26.5 Å². The number of rotatable bonds is 14. The molecule has 0 unspecified atom stereocenters. The molecular weight excluding hydrogens is 1230 g/mol. The van der Waals surface area contributed by atoms with Crippen molar-refractivity contribution >= 4 is 180 Å². The van der Waals surface area contributed by atoms with Crippen LogP contribution < -0.4 is 15.0 Å². The van der Waals surface area contributed by atoms with Crippen molar-refractivity contribution in [3.63, 3.8) is 0 Å². The van der Waals surface area contributed by atoms with Crippen LogP contribution in [0.25, 0.3) is 0 Å². The molecule has 53 heavy (non-hydrogen) atoms. The van der Waals surface area contributed by atoms with Gasteiger partial charge in [-0.15, -0.1) is 0 Å². The number of aliphatic hydroxyl groups excluding tert-OH is 1. The highest BCUT2D eigenvalue weighted by Gasteiger charge is 2.34. The van der Waals surface area contributed by atoms with Crippen molar-refractivity contribution in [2.24, 2.45) is 41.0 Å². The maximum Gasteiger partial charge on any atom is 0.362 e. The van der Waals surface area contributed by atoms with Gasteiger partial charge < -0.3 is 9.84 Å². The van der Waals surface area contributed by atoms with E-state index in [4.69, 9.17) is 5.11 Å². The van der Waals surface area contributed by atoms with Crippen molar-refractivity contribution in [1.82, 2.24) is 4.72 Å². The lowest BCUT2D eigenvalue weighted by atomic mass is 10.2. The van der Waals surface area contributed by atoms with E-state index in [2.05, 4.69) is 87.1 Å². The first kappa shape index (κ1) is 63.0. The van der Waals surface area contributed by atoms with Gasteiger partial charge >= 0.3 is 32.5 Å². The van der Waals surface area contributed by atoms with Crippen molar-refractivity contribution in [2.45, 2.75) is 64.4 Å². The molecule has 3 rings (SSSR count). The second-order valence-corrected chi connectivity index (χ2v) is 19.8. The highest BCUT2D eigenvalue weighted by atomic mass is 127. The standard InChI is InChI=1S/C6H10IN3O4S.C4H4I2O3.C4H9N3O3S.C4H8N2O.CH4.ClH2NO2S.S4.H2S/c1-6(9-10-6)2-3-14-15(12,13)8-5(11)4-7;5-1-3(7)9-4(8)2-6;1-4(6-7-4)2-3-10-11(5,8)9;1-4(2-3-7)5-6-4;;1-5(2,3)4;1-3-4-2;/h2-4H2,1H3,(H,8,11);1-2H2;2-3H2,1H3,(H2,5,8,9);7H,2-3H2,1H3;1H4;(H2,2,3,4);;1H2. The molecule has 0 fully saturated rings. The van der Waals surface area contributed by atoms with Gasteiger partial charge in [-0.3, -0.25) is 22.7 Å². The average molecular weight is 1270 g/mol. The summed E-state index contributed by atoms with van der Waals surface area (Å²) in [5, 5.41) is 39.1. The molecule has 0 spiro atoms. The van der Waals surface area contributed by atoms with E-state index < -0.39 is 59.0 Å². The normalized spacial score (nSPS) is 15.1. The van der Waals surface area contributed by atoms with Gasteiger partial charge in [0.2, 0.25) is 5.91 Å². The topological polar surface area (TPSA) is 340 Å². The number of hydrogen-bond acceptors (Lipinski definition) is 21. The summed E-state index contributed by atoms with van der Waals surface area (Å²) in [4.78, 5) is 31.4. The minimum atomic E-state index is -3.98. The van der Waals surface area contributed by atoms with Crippen molar-refractivity contribution in [2.75, 3.05) is 33.1 Å². The fourth-order valence-electron chi connectivity index (χ4n) is 1.84. The Hall–Kier alpha value is 0.770. The average Bonchev–Trinajstić information content (AvgIpc) is 3.96. The Kier molecular flexibility index (Phi) is 37.7. The van der Waals surface area contributed by atoms with E-state index in [1.807, 2.05) is 52.1 Å². The Morgan fingerprint density at radius 2 is 1.08 bits per heavy atom. The Morgan fingerprint density at radius 1 is 0.755 bits per heavy atom. The summed E-state index contributed by atoms with van der Waals surface area (Å²) in [5.74, 6) is -1.56. The van der Waals surface area contributed by atoms with E-state index in [1.54, 1.807) is 41.2 Å². The number of nitrogens with two attached hydrogens (primary N) is 2. The van der Waals surface area contributed by atoms with Crippen LogP contribution in [0, 0.1) is 0 Å². The van der Waals surface area contributed by atoms with Gasteiger partial charge in [-0.05, 0) is 20.8 Å². The van der Waals surface area contributed by atoms with Crippen molar-refractivity contribution in [3.8, 4) is 0 Å². The van der Waals surface area contributed by atoms with E-state index >= 15 is 0 Å². The Morgan fingerprint density at radius 3 is 1.30 bits per heavy atom. The number of esters is 2. The van der Waals surface area contributed by atoms with Gasteiger partial charge in [-0.2, -0.15) is 69.4 Å². The van der Waals surface area contributed by atoms with Crippen molar-refractivity contribution in [3.05, 3.63) is 0 Å². The number of nitrogens with zero attached hydrogens (tertiary/aromatic N) is 6. The van der Waals surface area contributed by atoms with E-state index in [9.17, 15) is 39.6 Å². The molecular formula is C19H39ClI3N9O13S8. The molecule has 0 saturated heterocycles. The van der Waals surface area contributed by atoms with Crippen LogP contribution in [-0.2, 0) is 97.5 Å². The third-order valence-corrected chi connectivity index (χ3v) is 9.99. The molecule has 314 valence electrons. The Bertz CT molecular complexity index is 1600. The summed E-state index contributed by atoms with van der Waals surface area (Å²) in [6.07, 6.45) is 1.50. The highest BCUT2D eigenvalue weighted by molar-refractivity contribution is 14.1. The maximum atomic E-state index is 11.1. The molecule has 0 bridgehead atoms. The zero-order valence-electron chi connectivity index (χ0n) is 26.9. The molecule has 3 aliphatic heterocycles. The van der Waals surface area contributed by atoms with Gasteiger partial charge in [-0.1, -0.05) is 75.2 Å². The van der Waals surface area contributed by atoms with Crippen LogP contribution in [0.2, 0.25) is 0 Å². The number of alkyl halides is 3. The molecule has 3 aliphatic rings. The lowest BCUT2D eigenvalue weighted by Crippen LogP contribution is -2.33. The lowest BCUT2D eigenvalue weighted by molar-refractivity contribution is -0.155. The van der Waals surface area contributed by atoms with Crippen LogP contribution in [0.4, 0.5) is 0 Å². The largest absolute Gasteiger partial charge is 0.396 e. The molecule has 1 amide bonds. The maximum absolute atomic E-state index is 11.1. The summed E-state index contributed by atoms with van der Waals surface area (Å²) in [6.45, 7) is 5.59. The zero-order chi connectivity index (χ0) is 40.6. The SMILES string of the molecule is C.CC1(CCO)N=N1.CC1(CCOS(=O)(=O)NC(=O)CI)N=N1.CC1(CCOS(N)(=O)=O)N=N1.NS(=O)(=O)Cl.O=C(CI)OC(=O)CI.S.S=S=S=S. The number of nitrogens with one attached hydrogen (secondary N) is 1. The first-order valence-electron chi connectivity index (χ1n) is 12.7. The second-order valence-electron chi connectivity index (χ2n) is 9.20. The highest BCUT2D eigenvalue weighted by Crippen LogP contribution is 2.31. The number of aliphatic hydroxyl groups is 1. The van der Waals surface area contributed by atoms with Gasteiger partial charge in [0.15, 0.2) is 17.0 Å². The Labute approximate surface area is 376 Å². The summed E-state index contributed by atoms with van der Waals surface area (Å²) in [6, 6.07) is 0. The predicted octanol–water partition coefficient (Wildman–Crippen LogP) is 1.79. The van der Waals surface area contributed by atoms with E-state index in [0.29, 0.717) is 19.3 Å². The molecule has 0 atom stereocenters. The molecule has 3 heterocycles. The summed E-state index contributed by atoms with van der Waals surface area (Å²) in [7, 11) is -4.85. The number of carbonyl (C=O) groups is 3. The molecule has 0 aromatic carbocycles. The van der Waals surface area contributed by atoms with Gasteiger partial charge in [0.25, 0.3) is 9.24 Å². The van der Waals surface area contributed by atoms with Crippen LogP contribution in [-0.4, -0.2) is 98.3 Å². The molecule has 0 aromatic heterocycles. The number of halogens is 4. The summed E-state index contributed by atoms with van der Waals surface area (Å²) >= 11 is 14.1. The van der Waals surface area contributed by atoms with Crippen LogP contribution in [0.15, 0.2) is 30.7 Å². The first-order valence-corrected chi connectivity index (χ1v) is 26.5. The van der Waals surface area contributed by atoms with E-state index in [0.717, 1.165) is 0 Å². The van der Waals surface area contributed by atoms with E-state index in [1.165, 1.54) is 17.8 Å². The first-order chi connectivity index (χ1) is 23.2. The quantitative estimate of drug-likeness (QED) is 0.0634. The third kappa shape index (κ3) is 50.8. The van der Waals surface area contributed by atoms with Gasteiger partial charge in [0.1, 0.15) is 0 Å². The van der Waals surface area contributed by atoms with Crippen molar-refractivity contribution < 1.29 is 57.8 Å². The Balaban J connectivity index is -0.000000182. The van der Waals surface area contributed by atoms with Crippen LogP contribution in [0.5, 0.6) is 0 Å². The van der Waals surface area contributed by atoms with Gasteiger partial charge in [0, 0.05) is 76.7 Å². The van der Waals surface area contributed by atoms with Gasteiger partial charge in [-0.25, -0.2) is 15.0 Å². The van der Waals surface area contributed by atoms with Crippen LogP contribution in [0.3, 0.4) is 0 Å². The summed E-state index contributed by atoms with van der Waals surface area (Å²) in [5.41, 5.74) is -1.12. The van der Waals surface area contributed by atoms with Crippen LogP contribution in [0.1, 0.15) is 47.5 Å². The van der Waals surface area contributed by atoms with Crippen LogP contribution >= 0.6 is 92.0 Å². The number of amides is 1. The fraction of sp³-hybridized carbons (Fsp3) is 0.842. The fourth-order valence-corrected chi connectivity index (χ4v) is 3.63. The molecule has 0 saturated carbocycles. The number of carbonyl (C=O) groups excluding carboxylic acids is 3. The second kappa shape index (κ2) is 31.7. The molecule has 34 heteroatoms. The molecule has 6 N–H and O–H groups in total. The molecule has 0 aliphatic carbocycles. The minimum Gasteiger partial charge on any atom is -0.396 e. The van der Waals surface area contributed by atoms with E-state index in [-0.39, 0.29) is 59.7 Å². The van der Waals surface area contributed by atoms with Crippen molar-refractivity contribution in [1.29, 1.82) is 0 Å². The third-order valence-electron chi connectivity index (χ3n) is 4.38. The molecule has 0 radical (unpaired) electrons. The zero-order valence-corrected chi connectivity index (χ0v) is 40.9. The minimum absolute atomic E-state index is 0. The smallest absolute Gasteiger partial charge is 0.362 e. The summed E-state index contributed by atoms with van der Waals surface area (Å²) < 4.78 is 76.3.